The van der Waals surface area contributed by atoms with Crippen LogP contribution in [0.5, 0.6) is 0 Å². The van der Waals surface area contributed by atoms with Crippen LogP contribution in [0.3, 0.4) is 0 Å². The topological polar surface area (TPSA) is 30.2 Å². The van der Waals surface area contributed by atoms with Gasteiger partial charge in [0.1, 0.15) is 0 Å². The van der Waals surface area contributed by atoms with Crippen LogP contribution in [0, 0.1) is 0 Å². The summed E-state index contributed by atoms with van der Waals surface area (Å²) >= 11 is 0. The van der Waals surface area contributed by atoms with Crippen molar-refractivity contribution in [3.8, 4) is 0 Å². The Labute approximate surface area is 65.5 Å². The quantitative estimate of drug-likeness (QED) is 0.478. The minimum Gasteiger partial charge on any atom is -0.461 e. The van der Waals surface area contributed by atoms with Gasteiger partial charge in [-0.25, -0.2) is 0 Å². The first kappa shape index (κ1) is 7.79. The maximum absolute atomic E-state index is 11.3. The third-order valence-corrected chi connectivity index (χ3v) is 1.54. The maximum Gasteiger partial charge on any atom is 0.223 e. The lowest BCUT2D eigenvalue weighted by Crippen LogP contribution is -1.97. The Morgan fingerprint density at radius 3 is 2.82 bits per heavy atom. The van der Waals surface area contributed by atoms with Crippen molar-refractivity contribution in [3.63, 3.8) is 0 Å². The third kappa shape index (κ3) is 1.58. The summed E-state index contributed by atoms with van der Waals surface area (Å²) in [4.78, 5) is 11.3. The standard InChI is InChI=1S/C9H10O2/c1-3-7(2)9(10)8-5-4-6-11-8/h3-6H,1-2H3. The first-order valence-corrected chi connectivity index (χ1v) is 3.47. The summed E-state index contributed by atoms with van der Waals surface area (Å²) in [6.07, 6.45) is 3.26. The molecule has 0 radical (unpaired) electrons. The van der Waals surface area contributed by atoms with Crippen LogP contribution in [0.1, 0.15) is 24.4 Å². The molecule has 0 aliphatic rings. The summed E-state index contributed by atoms with van der Waals surface area (Å²) in [5, 5.41) is 0. The van der Waals surface area contributed by atoms with Crippen molar-refractivity contribution in [2.24, 2.45) is 0 Å². The highest BCUT2D eigenvalue weighted by Gasteiger charge is 2.08. The lowest BCUT2D eigenvalue weighted by atomic mass is 10.1. The third-order valence-electron chi connectivity index (χ3n) is 1.54. The van der Waals surface area contributed by atoms with Gasteiger partial charge in [0.05, 0.1) is 6.26 Å². The molecule has 0 spiro atoms. The molecule has 1 rings (SSSR count). The molecule has 0 aromatic carbocycles. The Kier molecular flexibility index (Phi) is 2.26. The molecule has 2 nitrogen and oxygen atoms in total. The second kappa shape index (κ2) is 3.19. The number of furan rings is 1. The van der Waals surface area contributed by atoms with Crippen LogP contribution < -0.4 is 0 Å². The van der Waals surface area contributed by atoms with Crippen molar-refractivity contribution < 1.29 is 9.21 Å². The number of rotatable bonds is 2. The van der Waals surface area contributed by atoms with E-state index in [-0.39, 0.29) is 5.78 Å². The number of carbonyl (C=O) groups is 1. The fraction of sp³-hybridized carbons (Fsp3) is 0.222. The average molecular weight is 150 g/mol. The van der Waals surface area contributed by atoms with E-state index < -0.39 is 0 Å². The van der Waals surface area contributed by atoms with Crippen LogP contribution in [0.25, 0.3) is 0 Å². The Balaban J connectivity index is 2.87. The summed E-state index contributed by atoms with van der Waals surface area (Å²) in [6.45, 7) is 3.60. The summed E-state index contributed by atoms with van der Waals surface area (Å²) < 4.78 is 4.93. The van der Waals surface area contributed by atoms with Crippen molar-refractivity contribution in [2.75, 3.05) is 0 Å². The lowest BCUT2D eigenvalue weighted by molar-refractivity contribution is 0.100. The molecule has 0 unspecified atom stereocenters. The molecule has 11 heavy (non-hydrogen) atoms. The van der Waals surface area contributed by atoms with Gasteiger partial charge in [0.2, 0.25) is 5.78 Å². The van der Waals surface area contributed by atoms with Gasteiger partial charge < -0.3 is 4.42 Å². The molecule has 0 aliphatic carbocycles. The van der Waals surface area contributed by atoms with Gasteiger partial charge in [-0.1, -0.05) is 6.08 Å². The molecule has 1 aromatic rings. The van der Waals surface area contributed by atoms with Gasteiger partial charge in [-0.2, -0.15) is 0 Å². The predicted octanol–water partition coefficient (Wildman–Crippen LogP) is 2.43. The van der Waals surface area contributed by atoms with Gasteiger partial charge in [-0.05, 0) is 31.6 Å². The number of hydrogen-bond donors (Lipinski definition) is 0. The average Bonchev–Trinajstić information content (AvgIpc) is 2.53. The van der Waals surface area contributed by atoms with Crippen LogP contribution in [-0.4, -0.2) is 5.78 Å². The molecule has 0 aliphatic heterocycles. The van der Waals surface area contributed by atoms with E-state index >= 15 is 0 Å². The highest BCUT2D eigenvalue weighted by molar-refractivity contribution is 6.06. The largest absolute Gasteiger partial charge is 0.461 e. The molecule has 0 N–H and O–H groups in total. The molecule has 1 heterocycles. The number of allylic oxidation sites excluding steroid dienone is 2. The molecule has 0 saturated carbocycles. The van der Waals surface area contributed by atoms with E-state index in [1.807, 2.05) is 6.92 Å². The van der Waals surface area contributed by atoms with Crippen LogP contribution in [0.2, 0.25) is 0 Å². The predicted molar refractivity (Wildman–Crippen MR) is 42.5 cm³/mol. The Morgan fingerprint density at radius 2 is 2.36 bits per heavy atom. The molecule has 58 valence electrons. The fourth-order valence-corrected chi connectivity index (χ4v) is 0.733. The Morgan fingerprint density at radius 1 is 1.64 bits per heavy atom. The highest BCUT2D eigenvalue weighted by Crippen LogP contribution is 2.07. The first-order valence-electron chi connectivity index (χ1n) is 3.47. The van der Waals surface area contributed by atoms with Gasteiger partial charge in [-0.3, -0.25) is 4.79 Å². The zero-order valence-electron chi connectivity index (χ0n) is 6.63. The molecule has 0 saturated heterocycles. The van der Waals surface area contributed by atoms with Gasteiger partial charge in [-0.15, -0.1) is 0 Å². The maximum atomic E-state index is 11.3. The second-order valence-electron chi connectivity index (χ2n) is 2.28. The Bertz CT molecular complexity index is 268. The normalized spacial score (nSPS) is 11.6. The van der Waals surface area contributed by atoms with Crippen molar-refractivity contribution in [2.45, 2.75) is 13.8 Å². The smallest absolute Gasteiger partial charge is 0.223 e. The molecule has 0 fully saturated rings. The van der Waals surface area contributed by atoms with Gasteiger partial charge in [0.15, 0.2) is 5.76 Å². The van der Waals surface area contributed by atoms with E-state index in [4.69, 9.17) is 4.42 Å². The van der Waals surface area contributed by atoms with E-state index in [9.17, 15) is 4.79 Å². The molecule has 0 amide bonds. The van der Waals surface area contributed by atoms with Crippen molar-refractivity contribution in [1.29, 1.82) is 0 Å². The zero-order valence-corrected chi connectivity index (χ0v) is 6.63. The Hall–Kier alpha value is -1.31. The minimum absolute atomic E-state index is 0.0440. The van der Waals surface area contributed by atoms with Crippen molar-refractivity contribution in [3.05, 3.63) is 35.8 Å². The molecular formula is C9H10O2. The van der Waals surface area contributed by atoms with E-state index in [0.29, 0.717) is 11.3 Å². The van der Waals surface area contributed by atoms with Crippen LogP contribution in [0.15, 0.2) is 34.5 Å². The van der Waals surface area contributed by atoms with E-state index in [1.165, 1.54) is 6.26 Å². The SMILES string of the molecule is CC=C(C)C(=O)c1ccco1. The van der Waals surface area contributed by atoms with Crippen LogP contribution in [-0.2, 0) is 0 Å². The molecule has 0 bridgehead atoms. The summed E-state index contributed by atoms with van der Waals surface area (Å²) in [5.41, 5.74) is 0.708. The van der Waals surface area contributed by atoms with E-state index in [2.05, 4.69) is 0 Å². The van der Waals surface area contributed by atoms with Crippen molar-refractivity contribution in [1.82, 2.24) is 0 Å². The van der Waals surface area contributed by atoms with Gasteiger partial charge in [0.25, 0.3) is 0 Å². The van der Waals surface area contributed by atoms with Crippen LogP contribution >= 0.6 is 0 Å². The van der Waals surface area contributed by atoms with Crippen molar-refractivity contribution >= 4 is 5.78 Å². The fourth-order valence-electron chi connectivity index (χ4n) is 0.733. The zero-order chi connectivity index (χ0) is 8.27. The van der Waals surface area contributed by atoms with E-state index in [0.717, 1.165) is 0 Å². The monoisotopic (exact) mass is 150 g/mol. The van der Waals surface area contributed by atoms with Crippen LogP contribution in [0.4, 0.5) is 0 Å². The lowest BCUT2D eigenvalue weighted by Gasteiger charge is -1.93. The minimum atomic E-state index is -0.0440. The summed E-state index contributed by atoms with van der Waals surface area (Å²) in [5.74, 6) is 0.359. The number of Topliss-reactive ketones (excluding diaryl/α,β-unsaturated/α-hetero) is 1. The molecule has 2 heteroatoms. The van der Waals surface area contributed by atoms with Gasteiger partial charge in [0, 0.05) is 0 Å². The molecule has 1 aromatic heterocycles. The second-order valence-corrected chi connectivity index (χ2v) is 2.28. The summed E-state index contributed by atoms with van der Waals surface area (Å²) in [7, 11) is 0. The number of ketones is 1. The molecular weight excluding hydrogens is 140 g/mol. The summed E-state index contributed by atoms with van der Waals surface area (Å²) in [6, 6.07) is 3.37. The number of hydrogen-bond acceptors (Lipinski definition) is 2. The van der Waals surface area contributed by atoms with Gasteiger partial charge >= 0.3 is 0 Å². The highest BCUT2D eigenvalue weighted by atomic mass is 16.3. The number of carbonyl (C=O) groups excluding carboxylic acids is 1. The molecule has 0 atom stereocenters. The first-order chi connectivity index (χ1) is 5.25. The van der Waals surface area contributed by atoms with E-state index in [1.54, 1.807) is 25.1 Å².